The summed E-state index contributed by atoms with van der Waals surface area (Å²) in [6.45, 7) is 12.4. The van der Waals surface area contributed by atoms with Gasteiger partial charge < -0.3 is 9.30 Å². The molecule has 0 aliphatic heterocycles. The molecule has 0 fully saturated rings. The third kappa shape index (κ3) is 2.16. The van der Waals surface area contributed by atoms with Crippen molar-refractivity contribution in [3.63, 3.8) is 0 Å². The first-order valence-electron chi connectivity index (χ1n) is 9.44. The summed E-state index contributed by atoms with van der Waals surface area (Å²) in [5, 5.41) is 1.67. The Morgan fingerprint density at radius 1 is 1.04 bits per heavy atom. The number of aromatic nitrogens is 1. The van der Waals surface area contributed by atoms with Gasteiger partial charge in [0, 0.05) is 29.1 Å². The van der Waals surface area contributed by atoms with Gasteiger partial charge in [0.2, 0.25) is 0 Å². The number of hydrogen-bond acceptors (Lipinski definition) is 1. The fourth-order valence-corrected chi connectivity index (χ4v) is 7.41. The molecule has 0 bridgehead atoms. The molecule has 0 amide bonds. The monoisotopic (exact) mass is 363 g/mol. The van der Waals surface area contributed by atoms with Crippen LogP contribution in [-0.4, -0.2) is 19.8 Å². The first-order chi connectivity index (χ1) is 12.2. The molecule has 0 saturated heterocycles. The van der Waals surface area contributed by atoms with Gasteiger partial charge in [-0.15, -0.1) is 0 Å². The van der Waals surface area contributed by atoms with Crippen molar-refractivity contribution in [2.45, 2.75) is 44.4 Å². The molecular weight excluding hydrogens is 334 g/mol. The average Bonchev–Trinajstić information content (AvgIpc) is 3.07. The molecule has 1 aliphatic carbocycles. The van der Waals surface area contributed by atoms with Crippen LogP contribution in [-0.2, 0) is 7.05 Å². The Balaban J connectivity index is 2.12. The Hall–Kier alpha value is -2.00. The highest BCUT2D eigenvalue weighted by Gasteiger charge is 2.49. The van der Waals surface area contributed by atoms with Gasteiger partial charge in [-0.3, -0.25) is 0 Å². The van der Waals surface area contributed by atoms with Crippen molar-refractivity contribution in [3.05, 3.63) is 53.6 Å². The van der Waals surface area contributed by atoms with Gasteiger partial charge in [-0.05, 0) is 34.4 Å². The van der Waals surface area contributed by atoms with Crippen LogP contribution in [0.2, 0.25) is 18.1 Å². The van der Waals surface area contributed by atoms with Gasteiger partial charge in [0.05, 0.1) is 20.9 Å². The number of fused-ring (bicyclic) bond motifs is 5. The van der Waals surface area contributed by atoms with Crippen molar-refractivity contribution in [2.24, 2.45) is 7.05 Å². The minimum atomic E-state index is -1.66. The third-order valence-electron chi connectivity index (χ3n) is 6.92. The van der Waals surface area contributed by atoms with E-state index in [-0.39, 0.29) is 0 Å². The molecule has 3 aromatic rings. The summed E-state index contributed by atoms with van der Waals surface area (Å²) >= 11 is 0. The van der Waals surface area contributed by atoms with Crippen LogP contribution in [0.25, 0.3) is 22.2 Å². The van der Waals surface area contributed by atoms with Crippen LogP contribution >= 0.6 is 0 Å². The van der Waals surface area contributed by atoms with E-state index < -0.39 is 8.07 Å². The molecule has 1 aromatic heterocycles. The summed E-state index contributed by atoms with van der Waals surface area (Å²) in [6.07, 6.45) is 0. The van der Waals surface area contributed by atoms with Crippen molar-refractivity contribution in [1.82, 2.24) is 4.57 Å². The van der Waals surface area contributed by atoms with E-state index in [0.717, 1.165) is 5.75 Å². The van der Waals surface area contributed by atoms with E-state index >= 15 is 0 Å². The van der Waals surface area contributed by atoms with Crippen molar-refractivity contribution < 1.29 is 4.74 Å². The summed E-state index contributed by atoms with van der Waals surface area (Å²) in [7, 11) is 2.30. The zero-order chi connectivity index (χ0) is 18.9. The maximum Gasteiger partial charge on any atom is 0.119 e. The SMILES string of the molecule is COc1ccc2c(c1)c1c(n2C)-c2ccccc2C1[Si](C)(C)C(C)(C)C. The summed E-state index contributed by atoms with van der Waals surface area (Å²) in [4.78, 5) is 0. The summed E-state index contributed by atoms with van der Waals surface area (Å²) in [5.41, 5.74) is 7.66. The molecule has 0 spiro atoms. The van der Waals surface area contributed by atoms with Crippen LogP contribution in [0.1, 0.15) is 37.4 Å². The Labute approximate surface area is 157 Å². The minimum Gasteiger partial charge on any atom is -0.497 e. The van der Waals surface area contributed by atoms with E-state index in [1.54, 1.807) is 7.11 Å². The molecule has 1 aliphatic rings. The molecule has 1 unspecified atom stereocenters. The molecule has 1 atom stereocenters. The lowest BCUT2D eigenvalue weighted by atomic mass is 10.1. The molecule has 2 nitrogen and oxygen atoms in total. The minimum absolute atomic E-state index is 0.313. The van der Waals surface area contributed by atoms with Gasteiger partial charge in [-0.25, -0.2) is 0 Å². The summed E-state index contributed by atoms with van der Waals surface area (Å²) in [5.74, 6) is 0.941. The molecule has 0 N–H and O–H groups in total. The smallest absolute Gasteiger partial charge is 0.119 e. The zero-order valence-corrected chi connectivity index (χ0v) is 18.0. The van der Waals surface area contributed by atoms with Crippen LogP contribution in [0.5, 0.6) is 5.75 Å². The maximum absolute atomic E-state index is 5.56. The topological polar surface area (TPSA) is 14.2 Å². The molecule has 0 radical (unpaired) electrons. The highest BCUT2D eigenvalue weighted by atomic mass is 28.3. The number of rotatable bonds is 2. The molecule has 136 valence electrons. The van der Waals surface area contributed by atoms with Gasteiger partial charge >= 0.3 is 0 Å². The Bertz CT molecular complexity index is 1010. The van der Waals surface area contributed by atoms with Gasteiger partial charge in [-0.2, -0.15) is 0 Å². The Morgan fingerprint density at radius 2 is 1.73 bits per heavy atom. The molecule has 4 rings (SSSR count). The Morgan fingerprint density at radius 3 is 2.38 bits per heavy atom. The average molecular weight is 364 g/mol. The lowest BCUT2D eigenvalue weighted by Gasteiger charge is -2.42. The second-order valence-electron chi connectivity index (χ2n) is 9.20. The van der Waals surface area contributed by atoms with Gasteiger partial charge in [0.1, 0.15) is 5.75 Å². The van der Waals surface area contributed by atoms with Crippen molar-refractivity contribution in [3.8, 4) is 17.0 Å². The number of benzene rings is 2. The lowest BCUT2D eigenvalue weighted by molar-refractivity contribution is 0.415. The molecule has 2 aromatic carbocycles. The fraction of sp³-hybridized carbons (Fsp3) is 0.391. The van der Waals surface area contributed by atoms with Crippen molar-refractivity contribution in [1.29, 1.82) is 0 Å². The largest absolute Gasteiger partial charge is 0.497 e. The first kappa shape index (κ1) is 17.4. The van der Waals surface area contributed by atoms with Gasteiger partial charge in [0.15, 0.2) is 0 Å². The van der Waals surface area contributed by atoms with Crippen LogP contribution in [0, 0.1) is 0 Å². The summed E-state index contributed by atoms with van der Waals surface area (Å²) in [6, 6.07) is 15.6. The number of aryl methyl sites for hydroxylation is 1. The van der Waals surface area contributed by atoms with Crippen LogP contribution < -0.4 is 4.74 Å². The van der Waals surface area contributed by atoms with Gasteiger partial charge in [0.25, 0.3) is 0 Å². The van der Waals surface area contributed by atoms with E-state index in [1.165, 1.54) is 33.3 Å². The number of hydrogen-bond donors (Lipinski definition) is 0. The third-order valence-corrected chi connectivity index (χ3v) is 12.8. The van der Waals surface area contributed by atoms with E-state index in [9.17, 15) is 0 Å². The number of ether oxygens (including phenoxy) is 1. The predicted molar refractivity (Wildman–Crippen MR) is 114 cm³/mol. The normalized spacial score (nSPS) is 16.7. The highest BCUT2D eigenvalue weighted by molar-refractivity contribution is 6.82. The lowest BCUT2D eigenvalue weighted by Crippen LogP contribution is -2.43. The van der Waals surface area contributed by atoms with Crippen molar-refractivity contribution in [2.75, 3.05) is 7.11 Å². The van der Waals surface area contributed by atoms with E-state index in [1.807, 2.05) is 0 Å². The molecule has 3 heteroatoms. The van der Waals surface area contributed by atoms with E-state index in [4.69, 9.17) is 4.74 Å². The second kappa shape index (κ2) is 5.50. The fourth-order valence-electron chi connectivity index (χ4n) is 4.50. The quantitative estimate of drug-likeness (QED) is 0.484. The highest BCUT2D eigenvalue weighted by Crippen LogP contribution is 2.57. The molecule has 26 heavy (non-hydrogen) atoms. The number of nitrogens with zero attached hydrogens (tertiary/aromatic N) is 1. The standard InChI is InChI=1S/C23H29NOSi/c1-23(2,3)26(6,7)22-17-11-9-8-10-16(17)21-20(22)18-14-15(25-5)12-13-19(18)24(21)4/h8-14,22H,1-7H3. The first-order valence-corrected chi connectivity index (χ1v) is 12.5. The van der Waals surface area contributed by atoms with Crippen LogP contribution in [0.4, 0.5) is 0 Å². The Kier molecular flexibility index (Phi) is 3.68. The predicted octanol–water partition coefficient (Wildman–Crippen LogP) is 6.35. The van der Waals surface area contributed by atoms with E-state index in [2.05, 4.69) is 87.9 Å². The molecule has 0 saturated carbocycles. The summed E-state index contributed by atoms with van der Waals surface area (Å²) < 4.78 is 7.94. The molecular formula is C23H29NOSi. The zero-order valence-electron chi connectivity index (χ0n) is 17.0. The number of methoxy groups -OCH3 is 1. The maximum atomic E-state index is 5.56. The molecule has 1 heterocycles. The second-order valence-corrected chi connectivity index (χ2v) is 14.7. The van der Waals surface area contributed by atoms with Gasteiger partial charge in [-0.1, -0.05) is 58.1 Å². The van der Waals surface area contributed by atoms with Crippen LogP contribution in [0.3, 0.4) is 0 Å². The van der Waals surface area contributed by atoms with Crippen LogP contribution in [0.15, 0.2) is 42.5 Å². The van der Waals surface area contributed by atoms with E-state index in [0.29, 0.717) is 10.6 Å². The van der Waals surface area contributed by atoms with Crippen molar-refractivity contribution >= 4 is 19.0 Å².